The van der Waals surface area contributed by atoms with Crippen molar-refractivity contribution in [3.05, 3.63) is 35.6 Å². The van der Waals surface area contributed by atoms with Crippen LogP contribution in [0.15, 0.2) is 24.3 Å². The molecule has 0 aliphatic carbocycles. The van der Waals surface area contributed by atoms with Crippen LogP contribution in [0, 0.1) is 5.82 Å². The fraction of sp³-hybridized carbons (Fsp3) is 0.538. The summed E-state index contributed by atoms with van der Waals surface area (Å²) in [7, 11) is 1.99. The Kier molecular flexibility index (Phi) is 5.33. The average Bonchev–Trinajstić information content (AvgIpc) is 2.24. The summed E-state index contributed by atoms with van der Waals surface area (Å²) in [5, 5.41) is 3.29. The van der Waals surface area contributed by atoms with Gasteiger partial charge in [0.2, 0.25) is 0 Å². The van der Waals surface area contributed by atoms with E-state index in [1.54, 1.807) is 12.1 Å². The van der Waals surface area contributed by atoms with E-state index in [-0.39, 0.29) is 5.82 Å². The zero-order chi connectivity index (χ0) is 11.1. The molecular formula is C13H20FN. The average molecular weight is 209 g/mol. The van der Waals surface area contributed by atoms with E-state index >= 15 is 0 Å². The molecular weight excluding hydrogens is 189 g/mol. The Bertz CT molecular complexity index is 286. The van der Waals surface area contributed by atoms with Crippen molar-refractivity contribution >= 4 is 0 Å². The molecule has 1 aromatic rings. The second kappa shape index (κ2) is 6.57. The molecule has 1 nitrogen and oxygen atoms in total. The van der Waals surface area contributed by atoms with Gasteiger partial charge in [-0.05, 0) is 44.0 Å². The van der Waals surface area contributed by atoms with Crippen LogP contribution in [0.2, 0.25) is 0 Å². The monoisotopic (exact) mass is 209 g/mol. The van der Waals surface area contributed by atoms with Crippen molar-refractivity contribution in [2.75, 3.05) is 7.05 Å². The number of hydrogen-bond donors (Lipinski definition) is 1. The van der Waals surface area contributed by atoms with Gasteiger partial charge in [0, 0.05) is 6.04 Å². The highest BCUT2D eigenvalue weighted by Gasteiger charge is 2.04. The predicted octanol–water partition coefficient (Wildman–Crippen LogP) is 3.15. The van der Waals surface area contributed by atoms with Crippen molar-refractivity contribution in [3.63, 3.8) is 0 Å². The smallest absolute Gasteiger partial charge is 0.123 e. The van der Waals surface area contributed by atoms with Crippen molar-refractivity contribution in [2.24, 2.45) is 0 Å². The maximum Gasteiger partial charge on any atom is 0.123 e. The van der Waals surface area contributed by atoms with Crippen LogP contribution in [0.4, 0.5) is 4.39 Å². The van der Waals surface area contributed by atoms with Gasteiger partial charge in [-0.25, -0.2) is 4.39 Å². The van der Waals surface area contributed by atoms with Gasteiger partial charge in [0.25, 0.3) is 0 Å². The quantitative estimate of drug-likeness (QED) is 0.759. The standard InChI is InChI=1S/C13H20FN/c1-3-5-13(15-2)9-8-11-6-4-7-12(14)10-11/h4,6-7,10,13,15H,3,5,8-9H2,1-2H3. The second-order valence-corrected chi connectivity index (χ2v) is 3.94. The highest BCUT2D eigenvalue weighted by molar-refractivity contribution is 5.16. The molecule has 0 aliphatic heterocycles. The minimum atomic E-state index is -0.135. The van der Waals surface area contributed by atoms with Gasteiger partial charge in [0.05, 0.1) is 0 Å². The summed E-state index contributed by atoms with van der Waals surface area (Å²) in [5.74, 6) is -0.135. The lowest BCUT2D eigenvalue weighted by molar-refractivity contribution is 0.483. The Morgan fingerprint density at radius 3 is 2.73 bits per heavy atom. The lowest BCUT2D eigenvalue weighted by atomic mass is 10.0. The molecule has 0 saturated heterocycles. The Morgan fingerprint density at radius 2 is 2.13 bits per heavy atom. The lowest BCUT2D eigenvalue weighted by Crippen LogP contribution is -2.25. The van der Waals surface area contributed by atoms with E-state index < -0.39 is 0 Å². The Morgan fingerprint density at radius 1 is 1.33 bits per heavy atom. The van der Waals surface area contributed by atoms with Crippen molar-refractivity contribution in [3.8, 4) is 0 Å². The van der Waals surface area contributed by atoms with Gasteiger partial charge in [-0.1, -0.05) is 25.5 Å². The molecule has 0 amide bonds. The number of benzene rings is 1. The zero-order valence-corrected chi connectivity index (χ0v) is 9.59. The minimum absolute atomic E-state index is 0.135. The van der Waals surface area contributed by atoms with E-state index in [0.29, 0.717) is 6.04 Å². The summed E-state index contributed by atoms with van der Waals surface area (Å²) in [6.07, 6.45) is 4.40. The highest BCUT2D eigenvalue weighted by Crippen LogP contribution is 2.10. The molecule has 0 heterocycles. The van der Waals surface area contributed by atoms with Gasteiger partial charge in [-0.15, -0.1) is 0 Å². The van der Waals surface area contributed by atoms with E-state index in [2.05, 4.69) is 12.2 Å². The fourth-order valence-corrected chi connectivity index (χ4v) is 1.81. The SMILES string of the molecule is CCCC(CCc1cccc(F)c1)NC. The molecule has 1 atom stereocenters. The third kappa shape index (κ3) is 4.43. The molecule has 0 spiro atoms. The summed E-state index contributed by atoms with van der Waals surface area (Å²) in [6, 6.07) is 7.43. The first-order valence-electron chi connectivity index (χ1n) is 5.68. The molecule has 84 valence electrons. The lowest BCUT2D eigenvalue weighted by Gasteiger charge is -2.14. The van der Waals surface area contributed by atoms with Crippen LogP contribution in [0.1, 0.15) is 31.7 Å². The molecule has 0 aromatic heterocycles. The van der Waals surface area contributed by atoms with Gasteiger partial charge in [0.15, 0.2) is 0 Å². The first kappa shape index (κ1) is 12.2. The molecule has 0 fully saturated rings. The van der Waals surface area contributed by atoms with Crippen LogP contribution in [0.25, 0.3) is 0 Å². The number of aryl methyl sites for hydroxylation is 1. The van der Waals surface area contributed by atoms with Crippen molar-refractivity contribution < 1.29 is 4.39 Å². The largest absolute Gasteiger partial charge is 0.317 e. The van der Waals surface area contributed by atoms with Crippen LogP contribution in [0.5, 0.6) is 0 Å². The molecule has 0 radical (unpaired) electrons. The first-order chi connectivity index (χ1) is 7.26. The zero-order valence-electron chi connectivity index (χ0n) is 9.59. The topological polar surface area (TPSA) is 12.0 Å². The van der Waals surface area contributed by atoms with Gasteiger partial charge in [-0.3, -0.25) is 0 Å². The minimum Gasteiger partial charge on any atom is -0.317 e. The maximum absolute atomic E-state index is 12.9. The summed E-state index contributed by atoms with van der Waals surface area (Å²) in [6.45, 7) is 2.19. The van der Waals surface area contributed by atoms with Gasteiger partial charge in [0.1, 0.15) is 5.82 Å². The number of rotatable bonds is 6. The van der Waals surface area contributed by atoms with E-state index in [1.807, 2.05) is 13.1 Å². The molecule has 0 saturated carbocycles. The molecule has 15 heavy (non-hydrogen) atoms. The summed E-state index contributed by atoms with van der Waals surface area (Å²) in [4.78, 5) is 0. The van der Waals surface area contributed by atoms with E-state index in [9.17, 15) is 4.39 Å². The van der Waals surface area contributed by atoms with Crippen LogP contribution in [0.3, 0.4) is 0 Å². The van der Waals surface area contributed by atoms with Crippen LogP contribution >= 0.6 is 0 Å². The van der Waals surface area contributed by atoms with Crippen LogP contribution < -0.4 is 5.32 Å². The molecule has 0 aliphatic rings. The van der Waals surface area contributed by atoms with Crippen LogP contribution in [-0.4, -0.2) is 13.1 Å². The predicted molar refractivity (Wildman–Crippen MR) is 62.5 cm³/mol. The van der Waals surface area contributed by atoms with E-state index in [1.165, 1.54) is 18.9 Å². The molecule has 1 rings (SSSR count). The molecule has 1 N–H and O–H groups in total. The fourth-order valence-electron chi connectivity index (χ4n) is 1.81. The third-order valence-corrected chi connectivity index (χ3v) is 2.72. The maximum atomic E-state index is 12.9. The number of hydrogen-bond acceptors (Lipinski definition) is 1. The summed E-state index contributed by atoms with van der Waals surface area (Å²) >= 11 is 0. The molecule has 1 aromatic carbocycles. The third-order valence-electron chi connectivity index (χ3n) is 2.72. The molecule has 2 heteroatoms. The molecule has 0 bridgehead atoms. The molecule has 1 unspecified atom stereocenters. The van der Waals surface area contributed by atoms with Gasteiger partial charge in [-0.2, -0.15) is 0 Å². The summed E-state index contributed by atoms with van der Waals surface area (Å²) < 4.78 is 12.9. The van der Waals surface area contributed by atoms with Gasteiger partial charge < -0.3 is 5.32 Å². The van der Waals surface area contributed by atoms with Gasteiger partial charge >= 0.3 is 0 Å². The van der Waals surface area contributed by atoms with Crippen molar-refractivity contribution in [1.29, 1.82) is 0 Å². The van der Waals surface area contributed by atoms with E-state index in [0.717, 1.165) is 18.4 Å². The Balaban J connectivity index is 2.41. The Labute approximate surface area is 91.7 Å². The highest BCUT2D eigenvalue weighted by atomic mass is 19.1. The second-order valence-electron chi connectivity index (χ2n) is 3.94. The first-order valence-corrected chi connectivity index (χ1v) is 5.68. The van der Waals surface area contributed by atoms with Crippen LogP contribution in [-0.2, 0) is 6.42 Å². The van der Waals surface area contributed by atoms with Crippen molar-refractivity contribution in [1.82, 2.24) is 5.32 Å². The Hall–Kier alpha value is -0.890. The number of halogens is 1. The number of nitrogens with one attached hydrogen (secondary N) is 1. The normalized spacial score (nSPS) is 12.7. The van der Waals surface area contributed by atoms with E-state index in [4.69, 9.17) is 0 Å². The summed E-state index contributed by atoms with van der Waals surface area (Å²) in [5.41, 5.74) is 1.09. The van der Waals surface area contributed by atoms with Crippen molar-refractivity contribution in [2.45, 2.75) is 38.6 Å².